The lowest BCUT2D eigenvalue weighted by Crippen LogP contribution is -2.38. The maximum absolute atomic E-state index is 13.4. The molecule has 1 saturated heterocycles. The number of aromatic nitrogens is 3. The Morgan fingerprint density at radius 3 is 2.42 bits per heavy atom. The maximum Gasteiger partial charge on any atom is 0.252 e. The number of fused-ring (bicyclic) bond motifs is 1. The zero-order valence-corrected chi connectivity index (χ0v) is 18.5. The van der Waals surface area contributed by atoms with Crippen LogP contribution >= 0.6 is 0 Å². The molecule has 4 aromatic rings. The van der Waals surface area contributed by atoms with E-state index in [4.69, 9.17) is 9.72 Å². The summed E-state index contributed by atoms with van der Waals surface area (Å²) in [5.74, 6) is -0.111. The second-order valence-electron chi connectivity index (χ2n) is 8.15. The Bertz CT molecular complexity index is 1220. The van der Waals surface area contributed by atoms with Crippen molar-refractivity contribution >= 4 is 16.9 Å². The lowest BCUT2D eigenvalue weighted by Gasteiger charge is -2.26. The van der Waals surface area contributed by atoms with Gasteiger partial charge < -0.3 is 10.1 Å². The SMILES string of the molecule is O=C(NCCCN1CCOCC1)c1cc(-c2ccccc2)nc2n[nH]c(-c3ccccc3)c12. The lowest BCUT2D eigenvalue weighted by molar-refractivity contribution is 0.0374. The van der Waals surface area contributed by atoms with Gasteiger partial charge in [0.2, 0.25) is 0 Å². The molecule has 5 rings (SSSR count). The van der Waals surface area contributed by atoms with E-state index >= 15 is 0 Å². The minimum absolute atomic E-state index is 0.111. The van der Waals surface area contributed by atoms with Crippen molar-refractivity contribution in [1.82, 2.24) is 25.4 Å². The molecule has 0 atom stereocenters. The van der Waals surface area contributed by atoms with Crippen molar-refractivity contribution in [2.24, 2.45) is 0 Å². The molecule has 1 fully saturated rings. The molecule has 1 aliphatic rings. The number of aromatic amines is 1. The van der Waals surface area contributed by atoms with Gasteiger partial charge in [0.15, 0.2) is 5.65 Å². The number of benzene rings is 2. The summed E-state index contributed by atoms with van der Waals surface area (Å²) in [4.78, 5) is 20.5. The second-order valence-corrected chi connectivity index (χ2v) is 8.15. The number of morpholine rings is 1. The van der Waals surface area contributed by atoms with Crippen LogP contribution in [-0.4, -0.2) is 65.4 Å². The fraction of sp³-hybridized carbons (Fsp3) is 0.269. The van der Waals surface area contributed by atoms with Gasteiger partial charge in [-0.1, -0.05) is 60.7 Å². The number of nitrogens with zero attached hydrogens (tertiary/aromatic N) is 3. The average molecular weight is 442 g/mol. The first kappa shape index (κ1) is 21.3. The fourth-order valence-electron chi connectivity index (χ4n) is 4.20. The number of pyridine rings is 1. The van der Waals surface area contributed by atoms with Gasteiger partial charge in [-0.15, -0.1) is 0 Å². The Morgan fingerprint density at radius 2 is 1.70 bits per heavy atom. The molecule has 3 heterocycles. The van der Waals surface area contributed by atoms with Gasteiger partial charge in [0.25, 0.3) is 5.91 Å². The Balaban J connectivity index is 1.44. The predicted octanol–water partition coefficient (Wildman–Crippen LogP) is 3.74. The van der Waals surface area contributed by atoms with Crippen LogP contribution in [0.3, 0.4) is 0 Å². The molecule has 1 amide bonds. The smallest absolute Gasteiger partial charge is 0.252 e. The van der Waals surface area contributed by atoms with Crippen LogP contribution in [0.4, 0.5) is 0 Å². The van der Waals surface area contributed by atoms with Crippen molar-refractivity contribution in [3.63, 3.8) is 0 Å². The second kappa shape index (κ2) is 9.94. The molecule has 2 aromatic heterocycles. The minimum atomic E-state index is -0.111. The van der Waals surface area contributed by atoms with E-state index < -0.39 is 0 Å². The number of carbonyl (C=O) groups excluding carboxylic acids is 1. The number of hydrogen-bond donors (Lipinski definition) is 2. The zero-order chi connectivity index (χ0) is 22.5. The highest BCUT2D eigenvalue weighted by atomic mass is 16.5. The minimum Gasteiger partial charge on any atom is -0.379 e. The molecule has 0 radical (unpaired) electrons. The van der Waals surface area contributed by atoms with Crippen LogP contribution < -0.4 is 5.32 Å². The van der Waals surface area contributed by atoms with Crippen molar-refractivity contribution in [3.8, 4) is 22.5 Å². The third-order valence-corrected chi connectivity index (χ3v) is 5.94. The number of hydrogen-bond acceptors (Lipinski definition) is 5. The normalized spacial score (nSPS) is 14.4. The van der Waals surface area contributed by atoms with Crippen LogP contribution in [0.2, 0.25) is 0 Å². The fourth-order valence-corrected chi connectivity index (χ4v) is 4.20. The summed E-state index contributed by atoms with van der Waals surface area (Å²) < 4.78 is 5.40. The molecule has 2 aromatic carbocycles. The van der Waals surface area contributed by atoms with Crippen molar-refractivity contribution in [2.75, 3.05) is 39.4 Å². The molecule has 7 heteroatoms. The van der Waals surface area contributed by atoms with Crippen LogP contribution in [0, 0.1) is 0 Å². The third kappa shape index (κ3) is 4.79. The Hall–Kier alpha value is -3.55. The van der Waals surface area contributed by atoms with E-state index in [1.165, 1.54) is 0 Å². The maximum atomic E-state index is 13.4. The molecule has 33 heavy (non-hydrogen) atoms. The average Bonchev–Trinajstić information content (AvgIpc) is 3.32. The van der Waals surface area contributed by atoms with E-state index in [2.05, 4.69) is 20.4 Å². The molecule has 2 N–H and O–H groups in total. The largest absolute Gasteiger partial charge is 0.379 e. The first-order chi connectivity index (χ1) is 16.3. The molecule has 0 aliphatic carbocycles. The van der Waals surface area contributed by atoms with Crippen molar-refractivity contribution < 1.29 is 9.53 Å². The lowest BCUT2D eigenvalue weighted by atomic mass is 10.0. The quantitative estimate of drug-likeness (QED) is 0.427. The summed E-state index contributed by atoms with van der Waals surface area (Å²) in [6, 6.07) is 21.7. The standard InChI is InChI=1S/C26H27N5O2/c32-26(27-12-7-13-31-14-16-33-17-15-31)21-18-22(19-8-3-1-4-9-19)28-25-23(21)24(29-30-25)20-10-5-2-6-11-20/h1-6,8-11,18H,7,12-17H2,(H,27,32)(H,28,29,30). The Labute approximate surface area is 192 Å². The molecule has 0 unspecified atom stereocenters. The highest BCUT2D eigenvalue weighted by Gasteiger charge is 2.20. The van der Waals surface area contributed by atoms with Gasteiger partial charge in [0.1, 0.15) is 0 Å². The predicted molar refractivity (Wildman–Crippen MR) is 129 cm³/mol. The summed E-state index contributed by atoms with van der Waals surface area (Å²) in [5.41, 5.74) is 4.57. The van der Waals surface area contributed by atoms with E-state index in [9.17, 15) is 4.79 Å². The number of nitrogens with one attached hydrogen (secondary N) is 2. The van der Waals surface area contributed by atoms with E-state index in [0.717, 1.165) is 67.2 Å². The Kier molecular flexibility index (Phi) is 6.41. The van der Waals surface area contributed by atoms with Gasteiger partial charge >= 0.3 is 0 Å². The molecule has 168 valence electrons. The van der Waals surface area contributed by atoms with Crippen LogP contribution in [0.1, 0.15) is 16.8 Å². The Morgan fingerprint density at radius 1 is 1.00 bits per heavy atom. The van der Waals surface area contributed by atoms with Gasteiger partial charge in [-0.2, -0.15) is 5.10 Å². The van der Waals surface area contributed by atoms with Crippen LogP contribution in [0.25, 0.3) is 33.5 Å². The van der Waals surface area contributed by atoms with Gasteiger partial charge in [-0.3, -0.25) is 14.8 Å². The summed E-state index contributed by atoms with van der Waals surface area (Å²) >= 11 is 0. The van der Waals surface area contributed by atoms with E-state index in [-0.39, 0.29) is 5.91 Å². The van der Waals surface area contributed by atoms with Gasteiger partial charge in [-0.05, 0) is 19.0 Å². The van der Waals surface area contributed by atoms with E-state index in [1.54, 1.807) is 0 Å². The summed E-state index contributed by atoms with van der Waals surface area (Å²) in [6.07, 6.45) is 0.891. The molecule has 0 spiro atoms. The number of H-pyrrole nitrogens is 1. The first-order valence-corrected chi connectivity index (χ1v) is 11.4. The number of amides is 1. The number of rotatable bonds is 7. The van der Waals surface area contributed by atoms with Gasteiger partial charge in [-0.25, -0.2) is 4.98 Å². The van der Waals surface area contributed by atoms with E-state index in [1.807, 2.05) is 66.7 Å². The molecule has 1 aliphatic heterocycles. The topological polar surface area (TPSA) is 83.1 Å². The highest BCUT2D eigenvalue weighted by Crippen LogP contribution is 2.31. The van der Waals surface area contributed by atoms with Crippen molar-refractivity contribution in [1.29, 1.82) is 0 Å². The third-order valence-electron chi connectivity index (χ3n) is 5.94. The number of carbonyl (C=O) groups is 1. The molecule has 0 saturated carbocycles. The van der Waals surface area contributed by atoms with Gasteiger partial charge in [0, 0.05) is 30.8 Å². The van der Waals surface area contributed by atoms with Crippen LogP contribution in [-0.2, 0) is 4.74 Å². The summed E-state index contributed by atoms with van der Waals surface area (Å²) in [5, 5.41) is 11.4. The monoisotopic (exact) mass is 441 g/mol. The summed E-state index contributed by atoms with van der Waals surface area (Å²) in [6.45, 7) is 5.03. The molecular formula is C26H27N5O2. The van der Waals surface area contributed by atoms with E-state index in [0.29, 0.717) is 17.8 Å². The van der Waals surface area contributed by atoms with Crippen LogP contribution in [0.15, 0.2) is 66.7 Å². The molecule has 7 nitrogen and oxygen atoms in total. The van der Waals surface area contributed by atoms with Crippen molar-refractivity contribution in [3.05, 3.63) is 72.3 Å². The molecular weight excluding hydrogens is 414 g/mol. The summed E-state index contributed by atoms with van der Waals surface area (Å²) in [7, 11) is 0. The zero-order valence-electron chi connectivity index (χ0n) is 18.5. The highest BCUT2D eigenvalue weighted by molar-refractivity contribution is 6.10. The van der Waals surface area contributed by atoms with Gasteiger partial charge in [0.05, 0.1) is 35.6 Å². The first-order valence-electron chi connectivity index (χ1n) is 11.4. The molecule has 0 bridgehead atoms. The van der Waals surface area contributed by atoms with Crippen molar-refractivity contribution in [2.45, 2.75) is 6.42 Å². The van der Waals surface area contributed by atoms with Crippen LogP contribution in [0.5, 0.6) is 0 Å². The number of ether oxygens (including phenoxy) is 1.